The Hall–Kier alpha value is -1.06. The number of nitrogens with one attached hydrogen (secondary N) is 1. The minimum absolute atomic E-state index is 0.0800. The van der Waals surface area contributed by atoms with E-state index in [1.54, 1.807) is 7.11 Å². The molecule has 0 heterocycles. The molecule has 4 atom stereocenters. The Morgan fingerprint density at radius 2 is 1.82 bits per heavy atom. The Morgan fingerprint density at radius 3 is 2.45 bits per heavy atom. The van der Waals surface area contributed by atoms with Crippen molar-refractivity contribution in [2.24, 2.45) is 11.8 Å². The summed E-state index contributed by atoms with van der Waals surface area (Å²) in [5, 5.41) is 14.2. The highest BCUT2D eigenvalue weighted by Crippen LogP contribution is 2.44. The number of aliphatic hydroxyl groups is 1. The molecule has 3 heteroatoms. The molecule has 0 spiro atoms. The smallest absolute Gasteiger partial charge is 0.118 e. The van der Waals surface area contributed by atoms with E-state index in [2.05, 4.69) is 12.2 Å². The van der Waals surface area contributed by atoms with Crippen molar-refractivity contribution in [2.45, 2.75) is 63.6 Å². The van der Waals surface area contributed by atoms with Crippen LogP contribution in [0.2, 0.25) is 0 Å². The molecule has 0 saturated heterocycles. The molecule has 3 rings (SSSR count). The van der Waals surface area contributed by atoms with Crippen LogP contribution in [-0.4, -0.2) is 24.3 Å². The van der Waals surface area contributed by atoms with Crippen molar-refractivity contribution in [2.75, 3.05) is 7.11 Å². The van der Waals surface area contributed by atoms with Crippen molar-refractivity contribution < 1.29 is 9.84 Å². The molecule has 2 N–H and O–H groups in total. The standard InChI is InChI=1S/C19H29NO2/c1-13(19(21)15-8-10-18(22-2)11-9-15)20-17-5-3-4-16(12-17)14-6-7-14/h8-11,13-14,16-17,19-21H,3-7,12H2,1-2H3/t13-,16+,17+,19+/m0/s1. The summed E-state index contributed by atoms with van der Waals surface area (Å²) in [6, 6.07) is 8.38. The molecule has 1 aromatic carbocycles. The lowest BCUT2D eigenvalue weighted by Crippen LogP contribution is -2.42. The molecule has 0 unspecified atom stereocenters. The molecule has 2 aliphatic rings. The fourth-order valence-electron chi connectivity index (χ4n) is 3.93. The van der Waals surface area contributed by atoms with Gasteiger partial charge in [-0.2, -0.15) is 0 Å². The van der Waals surface area contributed by atoms with Crippen LogP contribution in [0.1, 0.15) is 57.1 Å². The summed E-state index contributed by atoms with van der Waals surface area (Å²) >= 11 is 0. The van der Waals surface area contributed by atoms with E-state index in [4.69, 9.17) is 4.74 Å². The zero-order valence-corrected chi connectivity index (χ0v) is 13.8. The normalized spacial score (nSPS) is 28.1. The van der Waals surface area contributed by atoms with Crippen LogP contribution in [0.4, 0.5) is 0 Å². The Bertz CT molecular complexity index is 469. The number of methoxy groups -OCH3 is 1. The van der Waals surface area contributed by atoms with Gasteiger partial charge in [-0.3, -0.25) is 0 Å². The average molecular weight is 303 g/mol. The third-order valence-corrected chi connectivity index (χ3v) is 5.43. The van der Waals surface area contributed by atoms with E-state index in [1.165, 1.54) is 38.5 Å². The highest BCUT2D eigenvalue weighted by molar-refractivity contribution is 5.29. The van der Waals surface area contributed by atoms with Crippen LogP contribution < -0.4 is 10.1 Å². The molecule has 0 aromatic heterocycles. The van der Waals surface area contributed by atoms with Crippen molar-refractivity contribution in [1.82, 2.24) is 5.32 Å². The van der Waals surface area contributed by atoms with Crippen LogP contribution in [0, 0.1) is 11.8 Å². The highest BCUT2D eigenvalue weighted by atomic mass is 16.5. The maximum absolute atomic E-state index is 10.6. The summed E-state index contributed by atoms with van der Waals surface area (Å²) in [7, 11) is 1.66. The third-order valence-electron chi connectivity index (χ3n) is 5.43. The van der Waals surface area contributed by atoms with E-state index < -0.39 is 6.10 Å². The first-order valence-corrected chi connectivity index (χ1v) is 8.75. The molecule has 2 aliphatic carbocycles. The molecule has 0 bridgehead atoms. The first-order chi connectivity index (χ1) is 10.7. The van der Waals surface area contributed by atoms with Crippen molar-refractivity contribution in [3.63, 3.8) is 0 Å². The van der Waals surface area contributed by atoms with Gasteiger partial charge in [0.05, 0.1) is 13.2 Å². The van der Waals surface area contributed by atoms with Gasteiger partial charge in [0.1, 0.15) is 5.75 Å². The number of aliphatic hydroxyl groups excluding tert-OH is 1. The predicted octanol–water partition coefficient (Wildman–Crippen LogP) is 3.68. The van der Waals surface area contributed by atoms with Crippen molar-refractivity contribution in [3.05, 3.63) is 29.8 Å². The maximum Gasteiger partial charge on any atom is 0.118 e. The van der Waals surface area contributed by atoms with Gasteiger partial charge >= 0.3 is 0 Å². The minimum atomic E-state index is -0.466. The molecule has 0 aliphatic heterocycles. The van der Waals surface area contributed by atoms with Gasteiger partial charge < -0.3 is 15.2 Å². The molecule has 122 valence electrons. The lowest BCUT2D eigenvalue weighted by molar-refractivity contribution is 0.119. The Morgan fingerprint density at radius 1 is 1.09 bits per heavy atom. The van der Waals surface area contributed by atoms with Gasteiger partial charge in [0.2, 0.25) is 0 Å². The quantitative estimate of drug-likeness (QED) is 0.842. The first-order valence-electron chi connectivity index (χ1n) is 8.75. The van der Waals surface area contributed by atoms with Crippen LogP contribution in [0.15, 0.2) is 24.3 Å². The second kappa shape index (κ2) is 7.01. The maximum atomic E-state index is 10.6. The summed E-state index contributed by atoms with van der Waals surface area (Å²) < 4.78 is 5.17. The van der Waals surface area contributed by atoms with Gasteiger partial charge in [0, 0.05) is 12.1 Å². The zero-order valence-electron chi connectivity index (χ0n) is 13.8. The largest absolute Gasteiger partial charge is 0.497 e. The fourth-order valence-corrected chi connectivity index (χ4v) is 3.93. The molecule has 0 amide bonds. The SMILES string of the molecule is COc1ccc([C@H](O)[C@H](C)N[C@@H]2CCC[C@@H](C3CC3)C2)cc1. The van der Waals surface area contributed by atoms with Crippen molar-refractivity contribution >= 4 is 0 Å². The zero-order chi connectivity index (χ0) is 15.5. The Balaban J connectivity index is 1.54. The highest BCUT2D eigenvalue weighted by Gasteiger charge is 2.35. The molecule has 2 saturated carbocycles. The number of benzene rings is 1. The number of hydrogen-bond donors (Lipinski definition) is 2. The molecular weight excluding hydrogens is 274 g/mol. The summed E-state index contributed by atoms with van der Waals surface area (Å²) in [6.07, 6.45) is 7.73. The van der Waals surface area contributed by atoms with E-state index in [-0.39, 0.29) is 6.04 Å². The second-order valence-corrected chi connectivity index (χ2v) is 7.13. The first kappa shape index (κ1) is 15.8. The van der Waals surface area contributed by atoms with Gasteiger partial charge in [-0.1, -0.05) is 25.0 Å². The third kappa shape index (κ3) is 3.82. The van der Waals surface area contributed by atoms with Gasteiger partial charge in [0.25, 0.3) is 0 Å². The topological polar surface area (TPSA) is 41.5 Å². The molecule has 2 fully saturated rings. The van der Waals surface area contributed by atoms with E-state index in [1.807, 2.05) is 24.3 Å². The van der Waals surface area contributed by atoms with E-state index >= 15 is 0 Å². The van der Waals surface area contributed by atoms with Gasteiger partial charge in [0.15, 0.2) is 0 Å². The average Bonchev–Trinajstić information content (AvgIpc) is 3.39. The van der Waals surface area contributed by atoms with Gasteiger partial charge in [-0.25, -0.2) is 0 Å². The second-order valence-electron chi connectivity index (χ2n) is 7.13. The molecular formula is C19H29NO2. The van der Waals surface area contributed by atoms with Crippen LogP contribution in [-0.2, 0) is 0 Å². The monoisotopic (exact) mass is 303 g/mol. The van der Waals surface area contributed by atoms with E-state index in [0.717, 1.165) is 23.1 Å². The summed E-state index contributed by atoms with van der Waals surface area (Å²) in [5.74, 6) is 2.76. The lowest BCUT2D eigenvalue weighted by Gasteiger charge is -2.33. The summed E-state index contributed by atoms with van der Waals surface area (Å²) in [6.45, 7) is 2.09. The number of hydrogen-bond acceptors (Lipinski definition) is 3. The molecule has 1 aromatic rings. The molecule has 3 nitrogen and oxygen atoms in total. The van der Waals surface area contributed by atoms with Crippen LogP contribution in [0.3, 0.4) is 0 Å². The van der Waals surface area contributed by atoms with Gasteiger partial charge in [-0.05, 0) is 62.1 Å². The van der Waals surface area contributed by atoms with Gasteiger partial charge in [-0.15, -0.1) is 0 Å². The predicted molar refractivity (Wildman–Crippen MR) is 89.0 cm³/mol. The molecule has 22 heavy (non-hydrogen) atoms. The number of ether oxygens (including phenoxy) is 1. The van der Waals surface area contributed by atoms with E-state index in [9.17, 15) is 5.11 Å². The summed E-state index contributed by atoms with van der Waals surface area (Å²) in [4.78, 5) is 0. The van der Waals surface area contributed by atoms with Crippen LogP contribution in [0.5, 0.6) is 5.75 Å². The van der Waals surface area contributed by atoms with Crippen molar-refractivity contribution in [1.29, 1.82) is 0 Å². The van der Waals surface area contributed by atoms with Crippen LogP contribution in [0.25, 0.3) is 0 Å². The van der Waals surface area contributed by atoms with Crippen molar-refractivity contribution in [3.8, 4) is 5.75 Å². The van der Waals surface area contributed by atoms with E-state index in [0.29, 0.717) is 6.04 Å². The lowest BCUT2D eigenvalue weighted by atomic mass is 9.82. The fraction of sp³-hybridized carbons (Fsp3) is 0.684. The Kier molecular flexibility index (Phi) is 5.04. The van der Waals surface area contributed by atoms with Crippen LogP contribution >= 0.6 is 0 Å². The minimum Gasteiger partial charge on any atom is -0.497 e. The number of rotatable bonds is 6. The molecule has 0 radical (unpaired) electrons. The summed E-state index contributed by atoms with van der Waals surface area (Å²) in [5.41, 5.74) is 0.954. The Labute approximate surface area is 134 Å².